The van der Waals surface area contributed by atoms with Crippen LogP contribution in [0.25, 0.3) is 0 Å². The van der Waals surface area contributed by atoms with E-state index in [1.54, 1.807) is 0 Å². The zero-order valence-electron chi connectivity index (χ0n) is 16.2. The number of carbonyl (C=O) groups excluding carboxylic acids is 1. The summed E-state index contributed by atoms with van der Waals surface area (Å²) < 4.78 is 0. The predicted molar refractivity (Wildman–Crippen MR) is 109 cm³/mol. The maximum atomic E-state index is 11.3. The fraction of sp³-hybridized carbons (Fsp3) is 0.545. The van der Waals surface area contributed by atoms with Crippen LogP contribution in [0.1, 0.15) is 71.1 Å². The van der Waals surface area contributed by atoms with E-state index in [9.17, 15) is 9.59 Å². The first-order chi connectivity index (χ1) is 12.7. The lowest BCUT2D eigenvalue weighted by atomic mass is 10.2. The van der Waals surface area contributed by atoms with Gasteiger partial charge >= 0.3 is 5.97 Å². The molecule has 0 radical (unpaired) electrons. The molecule has 0 rings (SSSR count). The number of unbranched alkanes of at least 4 members (excludes halogenated alkanes) is 4. The second kappa shape index (κ2) is 19.2. The molecule has 0 bridgehead atoms. The minimum atomic E-state index is -1.02. The molecule has 0 fully saturated rings. The van der Waals surface area contributed by atoms with E-state index in [-0.39, 0.29) is 12.5 Å². The van der Waals surface area contributed by atoms with E-state index in [4.69, 9.17) is 5.11 Å². The molecular weight excluding hydrogens is 326 g/mol. The van der Waals surface area contributed by atoms with Gasteiger partial charge in [-0.1, -0.05) is 68.4 Å². The van der Waals surface area contributed by atoms with E-state index >= 15 is 0 Å². The summed E-state index contributed by atoms with van der Waals surface area (Å²) in [6.07, 6.45) is 27.3. The molecule has 0 aliphatic carbocycles. The minimum Gasteiger partial charge on any atom is -0.480 e. The molecule has 0 aromatic carbocycles. The number of carboxylic acids is 1. The molecule has 0 aliphatic heterocycles. The smallest absolute Gasteiger partial charge is 0.322 e. The Morgan fingerprint density at radius 2 is 1.27 bits per heavy atom. The van der Waals surface area contributed by atoms with Gasteiger partial charge in [-0.3, -0.25) is 9.59 Å². The number of nitrogens with one attached hydrogen (secondary N) is 1. The summed E-state index contributed by atoms with van der Waals surface area (Å²) in [6.45, 7) is 1.92. The minimum absolute atomic E-state index is 0.205. The summed E-state index contributed by atoms with van der Waals surface area (Å²) in [5.41, 5.74) is 0. The molecule has 0 aromatic rings. The van der Waals surface area contributed by atoms with Gasteiger partial charge in [-0.05, 0) is 44.9 Å². The normalized spacial score (nSPS) is 12.0. The quantitative estimate of drug-likeness (QED) is 0.288. The van der Waals surface area contributed by atoms with Crippen LogP contribution < -0.4 is 5.32 Å². The largest absolute Gasteiger partial charge is 0.480 e. The van der Waals surface area contributed by atoms with E-state index in [1.807, 2.05) is 0 Å². The van der Waals surface area contributed by atoms with Crippen LogP contribution in [0, 0.1) is 0 Å². The Hall–Kier alpha value is -2.10. The third-order valence-electron chi connectivity index (χ3n) is 3.67. The topological polar surface area (TPSA) is 66.4 Å². The lowest BCUT2D eigenvalue weighted by Gasteiger charge is -2.00. The molecule has 1 amide bonds. The van der Waals surface area contributed by atoms with Crippen molar-refractivity contribution in [1.82, 2.24) is 5.32 Å². The fourth-order valence-electron chi connectivity index (χ4n) is 2.20. The number of hydrogen-bond acceptors (Lipinski definition) is 2. The van der Waals surface area contributed by atoms with Gasteiger partial charge < -0.3 is 10.4 Å². The highest BCUT2D eigenvalue weighted by Gasteiger charge is 2.02. The highest BCUT2D eigenvalue weighted by atomic mass is 16.4. The SMILES string of the molecule is CCCCC/C=C/C/C=C/C/C=C\C/C=C\CCCC(=O)NCC(=O)O. The van der Waals surface area contributed by atoms with E-state index in [1.165, 1.54) is 25.7 Å². The summed E-state index contributed by atoms with van der Waals surface area (Å²) in [6, 6.07) is 0. The van der Waals surface area contributed by atoms with Crippen LogP contribution in [0.2, 0.25) is 0 Å². The van der Waals surface area contributed by atoms with Crippen LogP contribution in [0.15, 0.2) is 48.6 Å². The molecule has 146 valence electrons. The summed E-state index contributed by atoms with van der Waals surface area (Å²) in [7, 11) is 0. The average Bonchev–Trinajstić information content (AvgIpc) is 2.62. The van der Waals surface area contributed by atoms with Gasteiger partial charge in [0.25, 0.3) is 0 Å². The van der Waals surface area contributed by atoms with Crippen LogP contribution in [-0.4, -0.2) is 23.5 Å². The van der Waals surface area contributed by atoms with Crippen molar-refractivity contribution in [3.63, 3.8) is 0 Å². The van der Waals surface area contributed by atoms with Gasteiger partial charge in [0.1, 0.15) is 6.54 Å². The maximum absolute atomic E-state index is 11.3. The predicted octanol–water partition coefficient (Wildman–Crippen LogP) is 5.33. The number of amides is 1. The van der Waals surface area contributed by atoms with Crippen LogP contribution in [-0.2, 0) is 9.59 Å². The lowest BCUT2D eigenvalue weighted by Crippen LogP contribution is -2.28. The van der Waals surface area contributed by atoms with Crippen LogP contribution in [0.4, 0.5) is 0 Å². The maximum Gasteiger partial charge on any atom is 0.322 e. The van der Waals surface area contributed by atoms with Crippen molar-refractivity contribution >= 4 is 11.9 Å². The molecule has 0 spiro atoms. The number of hydrogen-bond donors (Lipinski definition) is 2. The van der Waals surface area contributed by atoms with Gasteiger partial charge in [0, 0.05) is 6.42 Å². The third-order valence-corrected chi connectivity index (χ3v) is 3.67. The van der Waals surface area contributed by atoms with Crippen molar-refractivity contribution in [2.75, 3.05) is 6.54 Å². The van der Waals surface area contributed by atoms with E-state index in [0.29, 0.717) is 6.42 Å². The Morgan fingerprint density at radius 1 is 0.769 bits per heavy atom. The monoisotopic (exact) mass is 361 g/mol. The van der Waals surface area contributed by atoms with Gasteiger partial charge in [0.15, 0.2) is 0 Å². The van der Waals surface area contributed by atoms with Crippen LogP contribution in [0.3, 0.4) is 0 Å². The zero-order valence-corrected chi connectivity index (χ0v) is 16.2. The summed E-state index contributed by atoms with van der Waals surface area (Å²) >= 11 is 0. The summed E-state index contributed by atoms with van der Waals surface area (Å²) in [4.78, 5) is 21.6. The first kappa shape index (κ1) is 23.9. The van der Waals surface area contributed by atoms with Crippen molar-refractivity contribution in [3.05, 3.63) is 48.6 Å². The van der Waals surface area contributed by atoms with Gasteiger partial charge in [-0.2, -0.15) is 0 Å². The van der Waals surface area contributed by atoms with Crippen molar-refractivity contribution in [2.45, 2.75) is 71.1 Å². The highest BCUT2D eigenvalue weighted by Crippen LogP contribution is 2.01. The molecule has 0 saturated heterocycles. The molecule has 0 aliphatic rings. The van der Waals surface area contributed by atoms with E-state index < -0.39 is 5.97 Å². The van der Waals surface area contributed by atoms with Crippen molar-refractivity contribution < 1.29 is 14.7 Å². The second-order valence-electron chi connectivity index (χ2n) is 6.15. The fourth-order valence-corrected chi connectivity index (χ4v) is 2.20. The highest BCUT2D eigenvalue weighted by molar-refractivity contribution is 5.80. The molecule has 4 heteroatoms. The standard InChI is InChI=1S/C22H35NO3/c1-2-3-4-5-6-7-8-9-10-11-12-13-14-15-16-17-18-19-21(24)23-20-22(25)26/h6-7,9-10,12-13,15-16H,2-5,8,11,14,17-20H2,1H3,(H,23,24)(H,25,26)/b7-6+,10-9+,13-12-,16-15-. The first-order valence-corrected chi connectivity index (χ1v) is 9.75. The molecule has 0 saturated carbocycles. The Balaban J connectivity index is 3.48. The molecule has 0 aromatic heterocycles. The lowest BCUT2D eigenvalue weighted by molar-refractivity contribution is -0.137. The van der Waals surface area contributed by atoms with Crippen LogP contribution in [0.5, 0.6) is 0 Å². The summed E-state index contributed by atoms with van der Waals surface area (Å²) in [5, 5.41) is 10.8. The molecule has 0 atom stereocenters. The number of allylic oxidation sites excluding steroid dienone is 8. The molecule has 26 heavy (non-hydrogen) atoms. The number of rotatable bonds is 16. The Kier molecular flexibility index (Phi) is 17.7. The molecule has 2 N–H and O–H groups in total. The van der Waals surface area contributed by atoms with Crippen LogP contribution >= 0.6 is 0 Å². The molecule has 4 nitrogen and oxygen atoms in total. The van der Waals surface area contributed by atoms with Gasteiger partial charge in [0.2, 0.25) is 5.91 Å². The van der Waals surface area contributed by atoms with Crippen molar-refractivity contribution in [3.8, 4) is 0 Å². The van der Waals surface area contributed by atoms with E-state index in [2.05, 4.69) is 60.8 Å². The van der Waals surface area contributed by atoms with E-state index in [0.717, 1.165) is 32.1 Å². The Bertz CT molecular complexity index is 476. The third kappa shape index (κ3) is 19.9. The summed E-state index contributed by atoms with van der Waals surface area (Å²) in [5.74, 6) is -1.22. The first-order valence-electron chi connectivity index (χ1n) is 9.75. The molecule has 0 unspecified atom stereocenters. The average molecular weight is 362 g/mol. The Morgan fingerprint density at radius 3 is 1.77 bits per heavy atom. The van der Waals surface area contributed by atoms with Gasteiger partial charge in [-0.15, -0.1) is 0 Å². The Labute approximate surface area is 158 Å². The zero-order chi connectivity index (χ0) is 19.3. The van der Waals surface area contributed by atoms with Gasteiger partial charge in [0.05, 0.1) is 0 Å². The number of carboxylic acid groups (broad SMARTS) is 1. The molecule has 0 heterocycles. The van der Waals surface area contributed by atoms with Gasteiger partial charge in [-0.25, -0.2) is 0 Å². The second-order valence-corrected chi connectivity index (χ2v) is 6.15. The number of carbonyl (C=O) groups is 2. The number of aliphatic carboxylic acids is 1. The van der Waals surface area contributed by atoms with Crippen molar-refractivity contribution in [2.24, 2.45) is 0 Å². The van der Waals surface area contributed by atoms with Crippen molar-refractivity contribution in [1.29, 1.82) is 0 Å². The molecular formula is C22H35NO3.